The second-order valence-electron chi connectivity index (χ2n) is 10.1. The van der Waals surface area contributed by atoms with Crippen LogP contribution in [0.5, 0.6) is 0 Å². The molecule has 1 aliphatic carbocycles. The molecule has 2 aromatic carbocycles. The second kappa shape index (κ2) is 10.8. The van der Waals surface area contributed by atoms with Crippen molar-refractivity contribution in [3.8, 4) is 0 Å². The Kier molecular flexibility index (Phi) is 8.11. The number of piperazine rings is 1. The van der Waals surface area contributed by atoms with Gasteiger partial charge in [0.05, 0.1) is 22.4 Å². The number of anilines is 1. The molecule has 2 N–H and O–H groups in total. The maximum Gasteiger partial charge on any atom is 0.391 e. The molecule has 2 aromatic rings. The van der Waals surface area contributed by atoms with E-state index in [9.17, 15) is 26.4 Å². The Morgan fingerprint density at radius 1 is 1.08 bits per heavy atom. The molecule has 4 rings (SSSR count). The second-order valence-corrected chi connectivity index (χ2v) is 12.4. The van der Waals surface area contributed by atoms with E-state index < -0.39 is 27.8 Å². The maximum atomic E-state index is 13.1. The van der Waals surface area contributed by atoms with Gasteiger partial charge in [-0.2, -0.15) is 13.2 Å². The first-order valence-electron chi connectivity index (χ1n) is 12.3. The van der Waals surface area contributed by atoms with Gasteiger partial charge in [0.2, 0.25) is 5.91 Å². The van der Waals surface area contributed by atoms with Crippen LogP contribution in [0.2, 0.25) is 5.02 Å². The van der Waals surface area contributed by atoms with Gasteiger partial charge in [-0.25, -0.2) is 8.42 Å². The van der Waals surface area contributed by atoms with Crippen LogP contribution in [0.3, 0.4) is 0 Å². The summed E-state index contributed by atoms with van der Waals surface area (Å²) < 4.78 is 64.1. The summed E-state index contributed by atoms with van der Waals surface area (Å²) in [6.45, 7) is 2.38. The van der Waals surface area contributed by atoms with Gasteiger partial charge >= 0.3 is 6.18 Å². The predicted octanol–water partition coefficient (Wildman–Crippen LogP) is 5.07. The van der Waals surface area contributed by atoms with Gasteiger partial charge in [-0.1, -0.05) is 29.8 Å². The normalized spacial score (nSPS) is 23.7. The molecule has 0 radical (unpaired) electrons. The number of nitrogens with zero attached hydrogens (tertiary/aromatic N) is 2. The van der Waals surface area contributed by atoms with Crippen LogP contribution in [0, 0.1) is 11.8 Å². The molecule has 11 heteroatoms. The number of carbonyl (C=O) groups excluding carboxylic acids is 1. The van der Waals surface area contributed by atoms with E-state index in [0.29, 0.717) is 49.7 Å². The smallest absolute Gasteiger partial charge is 0.368 e. The summed E-state index contributed by atoms with van der Waals surface area (Å²) >= 11 is 6.57. The molecule has 1 saturated carbocycles. The Hall–Kier alpha value is -2.30. The first-order chi connectivity index (χ1) is 17.3. The molecule has 0 unspecified atom stereocenters. The summed E-state index contributed by atoms with van der Waals surface area (Å²) in [6.07, 6.45) is -1.71. The van der Waals surface area contributed by atoms with E-state index in [2.05, 4.69) is 4.90 Å². The molecule has 37 heavy (non-hydrogen) atoms. The largest absolute Gasteiger partial charge is 0.391 e. The number of benzene rings is 2. The Labute approximate surface area is 220 Å². The highest BCUT2D eigenvalue weighted by Crippen LogP contribution is 2.41. The minimum absolute atomic E-state index is 0.0537. The lowest BCUT2D eigenvalue weighted by Crippen LogP contribution is -2.50. The molecule has 1 heterocycles. The van der Waals surface area contributed by atoms with E-state index in [1.54, 1.807) is 6.07 Å². The monoisotopic (exact) mass is 557 g/mol. The summed E-state index contributed by atoms with van der Waals surface area (Å²) in [4.78, 5) is 16.0. The number of amides is 1. The molecule has 2 aliphatic rings. The summed E-state index contributed by atoms with van der Waals surface area (Å²) in [6, 6.07) is 12.0. The standard InChI is InChI=1S/C26H31ClF3N3O3S/c1-37(35,36)24-14-19(10-11-21(24)25(31)34)32-12-13-33(23(16-32)20-4-2-3-5-22(20)27)15-17-6-8-18(9-7-17)26(28,29)30/h2-5,10-11,14,17-18,23H,6-9,12-13,15-16H2,1H3,(H2,31,34)/t17?,18?,23-/m1/s1. The van der Waals surface area contributed by atoms with Crippen LogP contribution in [0.15, 0.2) is 47.4 Å². The van der Waals surface area contributed by atoms with Gasteiger partial charge in [0.25, 0.3) is 0 Å². The number of sulfone groups is 1. The van der Waals surface area contributed by atoms with E-state index >= 15 is 0 Å². The lowest BCUT2D eigenvalue weighted by Gasteiger charge is -2.45. The van der Waals surface area contributed by atoms with Crippen LogP contribution in [0.1, 0.15) is 47.6 Å². The maximum absolute atomic E-state index is 13.1. The number of hydrogen-bond acceptors (Lipinski definition) is 5. The average molecular weight is 558 g/mol. The number of rotatable bonds is 6. The highest BCUT2D eigenvalue weighted by Gasteiger charge is 2.42. The van der Waals surface area contributed by atoms with Crippen molar-refractivity contribution in [3.63, 3.8) is 0 Å². The zero-order valence-electron chi connectivity index (χ0n) is 20.5. The van der Waals surface area contributed by atoms with E-state index in [1.807, 2.05) is 29.2 Å². The molecule has 0 spiro atoms. The van der Waals surface area contributed by atoms with Crippen LogP contribution in [0.4, 0.5) is 18.9 Å². The zero-order valence-corrected chi connectivity index (χ0v) is 22.1. The number of nitrogens with two attached hydrogens (primary N) is 1. The van der Waals surface area contributed by atoms with Crippen LogP contribution in [-0.4, -0.2) is 57.8 Å². The molecule has 202 valence electrons. The number of carbonyl (C=O) groups is 1. The molecule has 1 saturated heterocycles. The fourth-order valence-electron chi connectivity index (χ4n) is 5.54. The SMILES string of the molecule is CS(=O)(=O)c1cc(N2CCN(CC3CCC(C(F)(F)F)CC3)[C@@H](c3ccccc3Cl)C2)ccc1C(N)=O. The summed E-state index contributed by atoms with van der Waals surface area (Å²) in [5, 5.41) is 0.598. The van der Waals surface area contributed by atoms with E-state index in [0.717, 1.165) is 11.8 Å². The van der Waals surface area contributed by atoms with Crippen molar-refractivity contribution in [1.29, 1.82) is 0 Å². The van der Waals surface area contributed by atoms with Crippen LogP contribution in [0.25, 0.3) is 0 Å². The summed E-state index contributed by atoms with van der Waals surface area (Å²) in [5.74, 6) is -1.86. The van der Waals surface area contributed by atoms with E-state index in [4.69, 9.17) is 17.3 Å². The lowest BCUT2D eigenvalue weighted by atomic mass is 9.81. The van der Waals surface area contributed by atoms with Crippen LogP contribution >= 0.6 is 11.6 Å². The van der Waals surface area contributed by atoms with Gasteiger partial charge in [-0.3, -0.25) is 9.69 Å². The molecule has 2 fully saturated rings. The van der Waals surface area contributed by atoms with Gasteiger partial charge in [0.1, 0.15) is 0 Å². The van der Waals surface area contributed by atoms with Crippen LogP contribution < -0.4 is 10.6 Å². The molecular weight excluding hydrogens is 527 g/mol. The summed E-state index contributed by atoms with van der Waals surface area (Å²) in [5.41, 5.74) is 6.90. The Bertz CT molecular complexity index is 1250. The first-order valence-corrected chi connectivity index (χ1v) is 14.6. The van der Waals surface area contributed by atoms with Crippen molar-refractivity contribution in [3.05, 3.63) is 58.6 Å². The molecule has 1 amide bonds. The van der Waals surface area contributed by atoms with E-state index in [-0.39, 0.29) is 35.3 Å². The molecular formula is C26H31ClF3N3O3S. The Morgan fingerprint density at radius 3 is 2.35 bits per heavy atom. The van der Waals surface area contributed by atoms with Gasteiger partial charge < -0.3 is 10.6 Å². The Balaban J connectivity index is 1.58. The molecule has 1 atom stereocenters. The number of primary amides is 1. The summed E-state index contributed by atoms with van der Waals surface area (Å²) in [7, 11) is -3.70. The minimum Gasteiger partial charge on any atom is -0.368 e. The third-order valence-corrected chi connectivity index (χ3v) is 9.03. The molecule has 1 aliphatic heterocycles. The van der Waals surface area contributed by atoms with Crippen molar-refractivity contribution in [2.75, 3.05) is 37.3 Å². The zero-order chi connectivity index (χ0) is 27.0. The molecule has 6 nitrogen and oxygen atoms in total. The van der Waals surface area contributed by atoms with Gasteiger partial charge in [0, 0.05) is 43.1 Å². The highest BCUT2D eigenvalue weighted by molar-refractivity contribution is 7.90. The average Bonchev–Trinajstić information content (AvgIpc) is 2.83. The predicted molar refractivity (Wildman–Crippen MR) is 138 cm³/mol. The molecule has 0 bridgehead atoms. The molecule has 0 aromatic heterocycles. The third kappa shape index (κ3) is 6.41. The van der Waals surface area contributed by atoms with E-state index in [1.165, 1.54) is 12.1 Å². The van der Waals surface area contributed by atoms with Crippen molar-refractivity contribution < 1.29 is 26.4 Å². The fraction of sp³-hybridized carbons (Fsp3) is 0.500. The van der Waals surface area contributed by atoms with Gasteiger partial charge in [-0.05, 0) is 61.4 Å². The quantitative estimate of drug-likeness (QED) is 0.536. The van der Waals surface area contributed by atoms with Crippen LogP contribution in [-0.2, 0) is 9.84 Å². The topological polar surface area (TPSA) is 83.7 Å². The lowest BCUT2D eigenvalue weighted by molar-refractivity contribution is -0.184. The van der Waals surface area contributed by atoms with Crippen molar-refractivity contribution >= 4 is 33.0 Å². The van der Waals surface area contributed by atoms with Gasteiger partial charge in [0.15, 0.2) is 9.84 Å². The Morgan fingerprint density at radius 2 is 1.76 bits per heavy atom. The minimum atomic E-state index is -4.13. The number of alkyl halides is 3. The van der Waals surface area contributed by atoms with Gasteiger partial charge in [-0.15, -0.1) is 0 Å². The number of hydrogen-bond donors (Lipinski definition) is 1. The fourth-order valence-corrected chi connectivity index (χ4v) is 6.70. The number of halogens is 4. The van der Waals surface area contributed by atoms with Crippen molar-refractivity contribution in [1.82, 2.24) is 4.90 Å². The van der Waals surface area contributed by atoms with Crippen molar-refractivity contribution in [2.24, 2.45) is 17.6 Å². The third-order valence-electron chi connectivity index (χ3n) is 7.55. The van der Waals surface area contributed by atoms with Crippen molar-refractivity contribution in [2.45, 2.75) is 42.8 Å². The highest BCUT2D eigenvalue weighted by atomic mass is 35.5. The first kappa shape index (κ1) is 27.7.